The Hall–Kier alpha value is -5.64. The summed E-state index contributed by atoms with van der Waals surface area (Å²) in [5.41, 5.74) is 12.0. The molecule has 3 heterocycles. The van der Waals surface area contributed by atoms with Gasteiger partial charge in [-0.15, -0.1) is 53.6 Å². The van der Waals surface area contributed by atoms with Crippen molar-refractivity contribution in [1.29, 1.82) is 0 Å². The van der Waals surface area contributed by atoms with Gasteiger partial charge in [-0.05, 0) is 86.3 Å². The molecule has 64 heavy (non-hydrogen) atoms. The fraction of sp³-hybridized carbons (Fsp3) is 0.259. The Morgan fingerprint density at radius 3 is 1.91 bits per heavy atom. The van der Waals surface area contributed by atoms with Crippen LogP contribution in [0.5, 0.6) is 11.5 Å². The van der Waals surface area contributed by atoms with Gasteiger partial charge in [0.1, 0.15) is 5.82 Å². The van der Waals surface area contributed by atoms with Crippen LogP contribution in [-0.4, -0.2) is 9.55 Å². The number of rotatable bonds is 7. The van der Waals surface area contributed by atoms with Crippen LogP contribution < -0.4 is 14.5 Å². The molecule has 0 saturated carbocycles. The van der Waals surface area contributed by atoms with Crippen LogP contribution in [0.4, 0.5) is 22.7 Å². The van der Waals surface area contributed by atoms with E-state index in [2.05, 4.69) is 237 Å². The van der Waals surface area contributed by atoms with E-state index < -0.39 is 0 Å². The summed E-state index contributed by atoms with van der Waals surface area (Å²) in [5, 5.41) is 2.24. The SMILES string of the molecule is CC(C)(C)c1cc(Oc2[c-]c3c(cc2)c2ccccc2n3-c2cc(C(C)(C)C)ccn2)[c-]c(N2[CH-]N(c3cccc(C(C)(C)c4ccccc4)c3)c3ccc(C(C)(C)C)cc32)c1.[CH3-].[Pt+4]. The van der Waals surface area contributed by atoms with Crippen LogP contribution in [0.3, 0.4) is 0 Å². The molecule has 0 amide bonds. The Balaban J connectivity index is 0.00000306. The number of benzene rings is 6. The zero-order valence-corrected chi connectivity index (χ0v) is 41.6. The molecule has 6 heteroatoms. The van der Waals surface area contributed by atoms with Crippen LogP contribution in [0.25, 0.3) is 27.6 Å². The Kier molecular flexibility index (Phi) is 12.4. The number of hydrogen-bond donors (Lipinski definition) is 0. The maximum absolute atomic E-state index is 6.86. The Bertz CT molecular complexity index is 2960. The summed E-state index contributed by atoms with van der Waals surface area (Å²) in [6.07, 6.45) is 1.91. The van der Waals surface area contributed by atoms with Crippen molar-refractivity contribution in [2.24, 2.45) is 0 Å². The van der Waals surface area contributed by atoms with Crippen molar-refractivity contribution in [1.82, 2.24) is 9.55 Å². The van der Waals surface area contributed by atoms with E-state index in [1.807, 2.05) is 12.3 Å². The third-order valence-corrected chi connectivity index (χ3v) is 12.5. The Labute approximate surface area is 396 Å². The zero-order chi connectivity index (χ0) is 43.8. The smallest absolute Gasteiger partial charge is 0.509 e. The molecule has 6 aromatic carbocycles. The molecule has 8 aromatic rings. The molecule has 328 valence electrons. The van der Waals surface area contributed by atoms with Crippen LogP contribution in [0.1, 0.15) is 104 Å². The summed E-state index contributed by atoms with van der Waals surface area (Å²) in [7, 11) is 0. The van der Waals surface area contributed by atoms with E-state index in [-0.39, 0.29) is 50.2 Å². The Morgan fingerprint density at radius 1 is 0.516 bits per heavy atom. The molecule has 2 aromatic heterocycles. The predicted molar refractivity (Wildman–Crippen MR) is 265 cm³/mol. The standard InChI is InChI=1S/C57H57N4O.CH3.Pt/c1-54(2,3)39-24-27-50-52(33-39)60(37-59(50)43-21-17-20-41(30-43)57(10,11)38-18-13-12-14-19-38)44-31-42(56(7,8)9)32-46(35-44)62-45-25-26-48-47-22-15-16-23-49(47)61(51(48)36-45)53-34-40(28-29-58-53)55(4,5)6;;/h12-34,37H,1-11H3;1H3;/q-3;-1;+4. The molecule has 0 N–H and O–H groups in total. The summed E-state index contributed by atoms with van der Waals surface area (Å²) in [6, 6.07) is 55.3. The average Bonchev–Trinajstić information content (AvgIpc) is 3.79. The van der Waals surface area contributed by atoms with Crippen LogP contribution >= 0.6 is 0 Å². The fourth-order valence-electron chi connectivity index (χ4n) is 8.53. The largest absolute Gasteiger partial charge is 4.00 e. The summed E-state index contributed by atoms with van der Waals surface area (Å²) in [6.45, 7) is 27.1. The van der Waals surface area contributed by atoms with Gasteiger partial charge in [0.2, 0.25) is 0 Å². The molecular weight excluding hydrogens is 964 g/mol. The van der Waals surface area contributed by atoms with Crippen LogP contribution in [-0.2, 0) is 42.7 Å². The van der Waals surface area contributed by atoms with Crippen molar-refractivity contribution in [2.45, 2.75) is 97.8 Å². The van der Waals surface area contributed by atoms with Gasteiger partial charge in [-0.1, -0.05) is 148 Å². The van der Waals surface area contributed by atoms with Gasteiger partial charge in [0.25, 0.3) is 0 Å². The molecule has 0 atom stereocenters. The van der Waals surface area contributed by atoms with Crippen molar-refractivity contribution in [3.8, 4) is 17.3 Å². The van der Waals surface area contributed by atoms with Crippen molar-refractivity contribution in [3.63, 3.8) is 0 Å². The summed E-state index contributed by atoms with van der Waals surface area (Å²) >= 11 is 0. The second kappa shape index (κ2) is 17.1. The number of pyridine rings is 1. The van der Waals surface area contributed by atoms with Gasteiger partial charge in [0, 0.05) is 45.7 Å². The number of para-hydroxylation sites is 1. The van der Waals surface area contributed by atoms with E-state index in [9.17, 15) is 0 Å². The van der Waals surface area contributed by atoms with E-state index in [0.717, 1.165) is 55.9 Å². The molecule has 0 bridgehead atoms. The van der Waals surface area contributed by atoms with Crippen molar-refractivity contribution in [3.05, 3.63) is 194 Å². The minimum atomic E-state index is -0.183. The van der Waals surface area contributed by atoms with E-state index in [4.69, 9.17) is 9.72 Å². The molecule has 0 unspecified atom stereocenters. The molecule has 5 nitrogen and oxygen atoms in total. The number of fused-ring (bicyclic) bond motifs is 4. The number of hydrogen-bond acceptors (Lipinski definition) is 4. The van der Waals surface area contributed by atoms with Gasteiger partial charge >= 0.3 is 21.1 Å². The molecule has 0 radical (unpaired) electrons. The summed E-state index contributed by atoms with van der Waals surface area (Å²) < 4.78 is 9.07. The monoisotopic (exact) mass is 1020 g/mol. The minimum Gasteiger partial charge on any atom is -0.509 e. The second-order valence-corrected chi connectivity index (χ2v) is 20.4. The van der Waals surface area contributed by atoms with Gasteiger partial charge in [0.15, 0.2) is 0 Å². The van der Waals surface area contributed by atoms with E-state index in [1.54, 1.807) is 0 Å². The van der Waals surface area contributed by atoms with Gasteiger partial charge < -0.3 is 26.5 Å². The quantitative estimate of drug-likeness (QED) is 0.149. The minimum absolute atomic E-state index is 0. The van der Waals surface area contributed by atoms with Crippen molar-refractivity contribution < 1.29 is 25.8 Å². The molecule has 1 aliphatic heterocycles. The van der Waals surface area contributed by atoms with E-state index >= 15 is 0 Å². The van der Waals surface area contributed by atoms with Gasteiger partial charge in [-0.3, -0.25) is 0 Å². The first kappa shape index (κ1) is 46.4. The first-order valence-corrected chi connectivity index (χ1v) is 21.8. The average molecular weight is 1020 g/mol. The van der Waals surface area contributed by atoms with E-state index in [0.29, 0.717) is 11.5 Å². The molecule has 0 aliphatic carbocycles. The van der Waals surface area contributed by atoms with E-state index in [1.165, 1.54) is 22.3 Å². The normalized spacial score (nSPS) is 13.2. The molecule has 0 spiro atoms. The maximum atomic E-state index is 6.86. The zero-order valence-electron chi connectivity index (χ0n) is 39.4. The first-order valence-electron chi connectivity index (χ1n) is 21.8. The Morgan fingerprint density at radius 2 is 1.19 bits per heavy atom. The van der Waals surface area contributed by atoms with Crippen LogP contribution in [0.2, 0.25) is 0 Å². The summed E-state index contributed by atoms with van der Waals surface area (Å²) in [5.74, 6) is 2.10. The number of anilines is 4. The van der Waals surface area contributed by atoms with Crippen molar-refractivity contribution in [2.75, 3.05) is 9.80 Å². The van der Waals surface area contributed by atoms with Crippen molar-refractivity contribution >= 4 is 44.6 Å². The number of aromatic nitrogens is 2. The first-order chi connectivity index (χ1) is 29.4. The topological polar surface area (TPSA) is 33.5 Å². The fourth-order valence-corrected chi connectivity index (χ4v) is 8.53. The van der Waals surface area contributed by atoms with Gasteiger partial charge in [0.05, 0.1) is 0 Å². The molecular formula is C58H60N4OPt. The maximum Gasteiger partial charge on any atom is 4.00 e. The molecule has 1 aliphatic rings. The third kappa shape index (κ3) is 8.64. The second-order valence-electron chi connectivity index (χ2n) is 20.4. The number of nitrogens with zero attached hydrogens (tertiary/aromatic N) is 4. The van der Waals surface area contributed by atoms with Gasteiger partial charge in [-0.25, -0.2) is 4.98 Å². The summed E-state index contributed by atoms with van der Waals surface area (Å²) in [4.78, 5) is 9.48. The van der Waals surface area contributed by atoms with Crippen LogP contribution in [0.15, 0.2) is 140 Å². The third-order valence-electron chi connectivity index (χ3n) is 12.5. The number of ether oxygens (including phenoxy) is 1. The molecule has 0 fully saturated rings. The van der Waals surface area contributed by atoms with Crippen LogP contribution in [0, 0.1) is 26.2 Å². The predicted octanol–water partition coefficient (Wildman–Crippen LogP) is 15.6. The molecule has 0 saturated heterocycles. The molecule has 9 rings (SSSR count). The van der Waals surface area contributed by atoms with Gasteiger partial charge in [-0.2, -0.15) is 6.07 Å².